The number of benzene rings is 6. The van der Waals surface area contributed by atoms with E-state index in [1.807, 2.05) is 20.8 Å². The molecule has 6 heterocycles. The molecule has 0 unspecified atom stereocenters. The molecule has 12 rings (SSSR count). The lowest BCUT2D eigenvalue weighted by atomic mass is 10.0. The molecule has 756 valence electrons. The van der Waals surface area contributed by atoms with Crippen LogP contribution in [0.25, 0.3) is 0 Å². The molecule has 0 spiro atoms. The summed E-state index contributed by atoms with van der Waals surface area (Å²) in [5.41, 5.74) is -6.78. The molecule has 0 saturated carbocycles. The minimum Gasteiger partial charge on any atom is -0.497 e. The first-order valence-corrected chi connectivity index (χ1v) is 49.0. The highest BCUT2D eigenvalue weighted by atomic mass is 32.2. The number of nitrogens with zero attached hydrogens (tertiary/aromatic N) is 18. The van der Waals surface area contributed by atoms with E-state index in [-0.39, 0.29) is 51.2 Å². The van der Waals surface area contributed by atoms with Crippen LogP contribution < -0.4 is 76.5 Å². The van der Waals surface area contributed by atoms with Crippen molar-refractivity contribution in [1.82, 2.24) is 51.2 Å². The normalized spacial score (nSPS) is 12.4. The van der Waals surface area contributed by atoms with Gasteiger partial charge in [-0.05, 0) is 127 Å². The van der Waals surface area contributed by atoms with Crippen molar-refractivity contribution in [3.8, 4) is 11.5 Å². The highest BCUT2D eigenvalue weighted by Crippen LogP contribution is 2.23. The van der Waals surface area contributed by atoms with Gasteiger partial charge in [0, 0.05) is 83.8 Å². The first-order valence-electron chi connectivity index (χ1n) is 40.3. The van der Waals surface area contributed by atoms with Crippen LogP contribution in [0.15, 0.2) is 277 Å². The Morgan fingerprint density at radius 3 is 0.641 bits per heavy atom. The summed E-state index contributed by atoms with van der Waals surface area (Å²) in [5.74, 6) is -9.86. The molecule has 56 heteroatoms. The molecule has 0 aliphatic heterocycles. The monoisotopic (exact) mass is 2090 g/mol. The van der Waals surface area contributed by atoms with Crippen LogP contribution in [0.4, 0.5) is 26.3 Å². The van der Waals surface area contributed by atoms with Crippen molar-refractivity contribution in [3.63, 3.8) is 0 Å². The van der Waals surface area contributed by atoms with Gasteiger partial charge in [0.15, 0.2) is 67.8 Å². The van der Waals surface area contributed by atoms with Gasteiger partial charge in [0.05, 0.1) is 80.8 Å². The smallest absolute Gasteiger partial charge is 0.343 e. The predicted octanol–water partition coefficient (Wildman–Crippen LogP) is 2.07. The zero-order chi connectivity index (χ0) is 107. The number of aryl methyl sites for hydroxylation is 2. The summed E-state index contributed by atoms with van der Waals surface area (Å²) in [4.78, 5) is 159. The maximum absolute atomic E-state index is 14.2. The molecule has 6 aromatic heterocycles. The van der Waals surface area contributed by atoms with Gasteiger partial charge in [0.1, 0.15) is 11.5 Å². The Hall–Kier alpha value is -15.7. The zero-order valence-electron chi connectivity index (χ0n) is 78.1. The number of carbonyl (C=O) groups excluding carboxylic acids is 6. The summed E-state index contributed by atoms with van der Waals surface area (Å²) < 4.78 is 250. The Kier molecular flexibility index (Phi) is 37.0. The third-order valence-electron chi connectivity index (χ3n) is 19.1. The van der Waals surface area contributed by atoms with Gasteiger partial charge in [-0.2, -0.15) is 53.8 Å². The summed E-state index contributed by atoms with van der Waals surface area (Å²) in [6.45, 7) is 14.1. The van der Waals surface area contributed by atoms with Gasteiger partial charge < -0.3 is 9.47 Å². The van der Waals surface area contributed by atoms with E-state index in [0.29, 0.717) is 84.0 Å². The predicted molar refractivity (Wildman–Crippen MR) is 491 cm³/mol. The van der Waals surface area contributed by atoms with E-state index in [9.17, 15) is 134 Å². The lowest BCUT2D eigenvalue weighted by molar-refractivity contribution is -0.117. The topological polar surface area (TPSA) is 561 Å². The minimum absolute atomic E-state index is 0.141. The molecule has 12 aromatic rings. The van der Waals surface area contributed by atoms with Crippen molar-refractivity contribution in [2.75, 3.05) is 14.2 Å². The van der Waals surface area contributed by atoms with E-state index in [1.54, 1.807) is 49.4 Å². The third-order valence-corrected chi connectivity index (χ3v) is 29.0. The molecule has 0 N–H and O–H groups in total. The van der Waals surface area contributed by atoms with E-state index in [0.717, 1.165) is 107 Å². The van der Waals surface area contributed by atoms with E-state index in [1.165, 1.54) is 123 Å². The van der Waals surface area contributed by atoms with E-state index in [2.05, 4.69) is 30.0 Å². The standard InChI is InChI=1S/C16H18FN3O4S.C15H16FN3O4S.2C14H14FN3O5S.C14H14FN3O4S.C13H12FN3O4S/c1-10(2)12-5-7-13(8-6-12)25(23,24)20-9-14(17)15(18-11(3)21)19(4)16(20)22;1-4-11-5-7-12(8-6-11)24(22,23)19-9-13(16)14(17-10(2)20)18(3)15(19)21;2*1-9(19)16-13-12(15)8-18(14(20)17(13)2)24(21,22)11-6-4-10(23-3)5-7-11;1-9-4-6-11(7-5-9)23(21,22)18-8-12(15)13(16-10(2)19)17(3)14(18)20;1-9(18)15-12-11(14)8-17(13(19)16(12)2)22(20,21)10-6-4-3-5-7-10/h5-10H,1-4H3;5-9H,4H2,1-3H3;2*4-8H,1-3H3;4-8H,1-3H3;3-8H,1-2H3. The molecule has 6 aromatic carbocycles. The summed E-state index contributed by atoms with van der Waals surface area (Å²) in [6, 6.07) is 35.4. The fraction of sp³-hybridized carbons (Fsp3) is 0.233. The average molecular weight is 2100 g/mol. The Morgan fingerprint density at radius 1 is 0.289 bits per heavy atom. The molecule has 0 bridgehead atoms. The zero-order valence-corrected chi connectivity index (χ0v) is 83.0. The van der Waals surface area contributed by atoms with Gasteiger partial charge in [-0.1, -0.05) is 80.9 Å². The Labute approximate surface area is 802 Å². The summed E-state index contributed by atoms with van der Waals surface area (Å²) >= 11 is 0. The number of amides is 6. The number of carbonyl (C=O) groups is 6. The summed E-state index contributed by atoms with van der Waals surface area (Å²) in [7, 11) is -16.1. The Morgan fingerprint density at radius 2 is 0.465 bits per heavy atom. The molecule has 44 nitrogen and oxygen atoms in total. The quantitative estimate of drug-likeness (QED) is 0.125. The molecule has 0 atom stereocenters. The van der Waals surface area contributed by atoms with Gasteiger partial charge in [0.25, 0.3) is 60.1 Å². The fourth-order valence-electron chi connectivity index (χ4n) is 11.8. The van der Waals surface area contributed by atoms with E-state index >= 15 is 0 Å². The van der Waals surface area contributed by atoms with Crippen LogP contribution in [0.3, 0.4) is 0 Å². The number of hydrogen-bond acceptors (Lipinski definition) is 26. The average Bonchev–Trinajstić information content (AvgIpc) is 0.787. The number of ether oxygens (including phenoxy) is 2. The number of rotatable bonds is 16. The van der Waals surface area contributed by atoms with Crippen molar-refractivity contribution in [3.05, 3.63) is 336 Å². The van der Waals surface area contributed by atoms with Crippen LogP contribution in [0, 0.1) is 41.8 Å². The molecular weight excluding hydrogens is 2010 g/mol. The first-order chi connectivity index (χ1) is 66.0. The van der Waals surface area contributed by atoms with Crippen molar-refractivity contribution in [2.24, 2.45) is 72.2 Å². The van der Waals surface area contributed by atoms with Crippen molar-refractivity contribution < 1.29 is 115 Å². The number of halogens is 6. The van der Waals surface area contributed by atoms with Crippen molar-refractivity contribution >= 4 is 95.6 Å². The van der Waals surface area contributed by atoms with Gasteiger partial charge in [-0.25, -0.2) is 106 Å². The van der Waals surface area contributed by atoms with Crippen molar-refractivity contribution in [2.45, 2.75) is 111 Å². The second-order valence-electron chi connectivity index (χ2n) is 29.6. The van der Waals surface area contributed by atoms with Gasteiger partial charge in [-0.3, -0.25) is 56.2 Å². The highest BCUT2D eigenvalue weighted by molar-refractivity contribution is 7.91. The maximum Gasteiger partial charge on any atom is 0.343 e. The molecule has 0 aliphatic carbocycles. The molecular formula is C86H88F6N18O26S6. The highest BCUT2D eigenvalue weighted by Gasteiger charge is 2.29. The second kappa shape index (κ2) is 46.4. The maximum atomic E-state index is 14.2. The minimum atomic E-state index is -4.32. The molecule has 0 saturated heterocycles. The lowest BCUT2D eigenvalue weighted by Gasteiger charge is -2.11. The van der Waals surface area contributed by atoms with E-state index < -0.39 is 198 Å². The molecule has 0 aliphatic rings. The van der Waals surface area contributed by atoms with Crippen LogP contribution in [0.2, 0.25) is 0 Å². The summed E-state index contributed by atoms with van der Waals surface area (Å²) in [6.07, 6.45) is 3.77. The van der Waals surface area contributed by atoms with Crippen molar-refractivity contribution in [1.29, 1.82) is 0 Å². The SMILES string of the molecule is CC(=O)N=c1c(F)cn(S(=O)(=O)c2ccc(C(C)C)cc2)c(=O)n1C.CC(=O)N=c1c(F)cn(S(=O)(=O)c2ccc(C)cc2)c(=O)n1C.CC(=O)N=c1c(F)cn(S(=O)(=O)c2ccccc2)c(=O)n1C.CCc1ccc(S(=O)(=O)n2cc(F)c(=NC(C)=O)n(C)c2=O)cc1.COc1ccc(S(=O)(=O)n2cc(F)c(=NC(C)=O)n(C)c2=O)cc1.COc1ccc(S(=O)(=O)n2cc(F)c(=NC(C)=O)n(C)c2=O)cc1. The van der Waals surface area contributed by atoms with Gasteiger partial charge in [-0.15, -0.1) is 0 Å². The summed E-state index contributed by atoms with van der Waals surface area (Å²) in [5, 5.41) is 0. The molecule has 6 amide bonds. The molecule has 0 fully saturated rings. The second-order valence-corrected chi connectivity index (χ2v) is 40.5. The van der Waals surface area contributed by atoms with Gasteiger partial charge in [0.2, 0.25) is 35.4 Å². The van der Waals surface area contributed by atoms with Crippen LogP contribution >= 0.6 is 0 Å². The lowest BCUT2D eigenvalue weighted by Crippen LogP contribution is -2.42. The molecule has 0 radical (unpaired) electrons. The number of methoxy groups -OCH3 is 2. The van der Waals surface area contributed by atoms with Crippen LogP contribution in [-0.2, 0) is 138 Å². The van der Waals surface area contributed by atoms with Gasteiger partial charge >= 0.3 is 34.1 Å². The van der Waals surface area contributed by atoms with Crippen LogP contribution in [0.1, 0.15) is 84.9 Å². The number of hydrogen-bond donors (Lipinski definition) is 0. The van der Waals surface area contributed by atoms with Crippen LogP contribution in [-0.4, -0.2) is 151 Å². The molecule has 142 heavy (non-hydrogen) atoms. The first kappa shape index (κ1) is 113. The fourth-order valence-corrected chi connectivity index (χ4v) is 19.4. The largest absolute Gasteiger partial charge is 0.497 e. The Balaban J connectivity index is 0.000000231. The van der Waals surface area contributed by atoms with E-state index in [4.69, 9.17) is 9.47 Å². The third kappa shape index (κ3) is 26.3. The Bertz CT molecular complexity index is 8270. The van der Waals surface area contributed by atoms with Crippen LogP contribution in [0.5, 0.6) is 11.5 Å². The number of aromatic nitrogens is 12.